The molecule has 1 heterocycles. The van der Waals surface area contributed by atoms with E-state index in [0.717, 1.165) is 5.52 Å². The number of carbonyl (C=O) groups is 1. The smallest absolute Gasteiger partial charge is 0.231 e. The minimum absolute atomic E-state index is 0.0238. The van der Waals surface area contributed by atoms with Crippen LogP contribution in [0.5, 0.6) is 11.5 Å². The number of Topliss-reactive ketones (excluding diaryl/α,β-unsaturated/α-hetero) is 1. The molecular formula is C27H24FNO4. The number of rotatable bonds is 8. The monoisotopic (exact) mass is 445 g/mol. The first-order valence-electron chi connectivity index (χ1n) is 10.7. The largest absolute Gasteiger partial charge is 0.493 e. The standard InChI is InChI=1S/C27H24FNO4/c1-18(30)20-7-5-8-22(17-20)32-15-6-16-33-27-25(19-11-13-21(28)14-12-19)29(2)24-10-4-3-9-23(24)26(27)31/h3-5,7-14,17H,6,15-16H2,1-2H3. The number of hydrogen-bond acceptors (Lipinski definition) is 4. The second-order valence-corrected chi connectivity index (χ2v) is 7.72. The van der Waals surface area contributed by atoms with E-state index in [1.165, 1.54) is 19.1 Å². The molecule has 0 radical (unpaired) electrons. The Labute approximate surface area is 191 Å². The van der Waals surface area contributed by atoms with Gasteiger partial charge < -0.3 is 14.0 Å². The van der Waals surface area contributed by atoms with Crippen LogP contribution in [0.15, 0.2) is 77.6 Å². The van der Waals surface area contributed by atoms with E-state index in [1.54, 1.807) is 42.5 Å². The van der Waals surface area contributed by atoms with Crippen LogP contribution in [0.4, 0.5) is 4.39 Å². The van der Waals surface area contributed by atoms with Gasteiger partial charge in [-0.3, -0.25) is 9.59 Å². The molecule has 168 valence electrons. The second kappa shape index (κ2) is 9.69. The Hall–Kier alpha value is -3.93. The molecule has 1 aromatic heterocycles. The molecule has 0 bridgehead atoms. The van der Waals surface area contributed by atoms with Crippen LogP contribution >= 0.6 is 0 Å². The molecule has 4 aromatic rings. The molecule has 0 saturated heterocycles. The van der Waals surface area contributed by atoms with Crippen molar-refractivity contribution in [1.29, 1.82) is 0 Å². The van der Waals surface area contributed by atoms with Crippen molar-refractivity contribution in [3.05, 3.63) is 94.4 Å². The predicted molar refractivity (Wildman–Crippen MR) is 127 cm³/mol. The Balaban J connectivity index is 1.55. The van der Waals surface area contributed by atoms with Crippen LogP contribution in [0.25, 0.3) is 22.2 Å². The molecule has 0 amide bonds. The minimum atomic E-state index is -0.349. The van der Waals surface area contributed by atoms with Crippen LogP contribution in [0.1, 0.15) is 23.7 Å². The van der Waals surface area contributed by atoms with Gasteiger partial charge in [-0.15, -0.1) is 0 Å². The lowest BCUT2D eigenvalue weighted by Gasteiger charge is -2.18. The fraction of sp³-hybridized carbons (Fsp3) is 0.185. The van der Waals surface area contributed by atoms with E-state index in [0.29, 0.717) is 41.0 Å². The van der Waals surface area contributed by atoms with E-state index in [-0.39, 0.29) is 29.4 Å². The molecule has 0 aliphatic rings. The summed E-state index contributed by atoms with van der Waals surface area (Å²) in [4.78, 5) is 24.8. The highest BCUT2D eigenvalue weighted by Gasteiger charge is 2.18. The average molecular weight is 445 g/mol. The van der Waals surface area contributed by atoms with Crippen LogP contribution in [0.2, 0.25) is 0 Å². The summed E-state index contributed by atoms with van der Waals surface area (Å²) in [5, 5.41) is 0.554. The van der Waals surface area contributed by atoms with Crippen LogP contribution < -0.4 is 14.9 Å². The molecule has 33 heavy (non-hydrogen) atoms. The number of halogens is 1. The lowest BCUT2D eigenvalue weighted by Crippen LogP contribution is -2.17. The van der Waals surface area contributed by atoms with Gasteiger partial charge in [0, 0.05) is 30.0 Å². The maximum Gasteiger partial charge on any atom is 0.231 e. The number of pyridine rings is 1. The third-order valence-electron chi connectivity index (χ3n) is 5.43. The van der Waals surface area contributed by atoms with Gasteiger partial charge in [0.15, 0.2) is 11.5 Å². The summed E-state index contributed by atoms with van der Waals surface area (Å²) in [7, 11) is 1.86. The molecule has 0 fully saturated rings. The Morgan fingerprint density at radius 1 is 0.939 bits per heavy atom. The molecule has 0 N–H and O–H groups in total. The topological polar surface area (TPSA) is 57.5 Å². The van der Waals surface area contributed by atoms with Crippen molar-refractivity contribution < 1.29 is 18.7 Å². The summed E-state index contributed by atoms with van der Waals surface area (Å²) in [5.74, 6) is 0.458. The van der Waals surface area contributed by atoms with Crippen molar-refractivity contribution in [2.75, 3.05) is 13.2 Å². The molecule has 0 aliphatic carbocycles. The number of carbonyl (C=O) groups excluding carboxylic acids is 1. The zero-order valence-corrected chi connectivity index (χ0v) is 18.5. The van der Waals surface area contributed by atoms with Crippen molar-refractivity contribution in [3.8, 4) is 22.8 Å². The zero-order valence-electron chi connectivity index (χ0n) is 18.5. The fourth-order valence-electron chi connectivity index (χ4n) is 3.76. The lowest BCUT2D eigenvalue weighted by molar-refractivity contribution is 0.101. The van der Waals surface area contributed by atoms with E-state index in [9.17, 15) is 14.0 Å². The van der Waals surface area contributed by atoms with Gasteiger partial charge in [-0.1, -0.05) is 24.3 Å². The highest BCUT2D eigenvalue weighted by atomic mass is 19.1. The van der Waals surface area contributed by atoms with E-state index < -0.39 is 0 Å². The van der Waals surface area contributed by atoms with Crippen LogP contribution in [0.3, 0.4) is 0 Å². The van der Waals surface area contributed by atoms with Crippen LogP contribution in [-0.2, 0) is 7.05 Å². The minimum Gasteiger partial charge on any atom is -0.493 e. The van der Waals surface area contributed by atoms with Crippen molar-refractivity contribution in [3.63, 3.8) is 0 Å². The Morgan fingerprint density at radius 2 is 1.67 bits per heavy atom. The number of para-hydroxylation sites is 1. The molecule has 0 aliphatic heterocycles. The Kier molecular flexibility index (Phi) is 6.54. The second-order valence-electron chi connectivity index (χ2n) is 7.72. The van der Waals surface area contributed by atoms with E-state index >= 15 is 0 Å². The highest BCUT2D eigenvalue weighted by Crippen LogP contribution is 2.30. The molecular weight excluding hydrogens is 421 g/mol. The number of nitrogens with zero attached hydrogens (tertiary/aromatic N) is 1. The SMILES string of the molecule is CC(=O)c1cccc(OCCCOc2c(-c3ccc(F)cc3)n(C)c3ccccc3c2=O)c1. The van der Waals surface area contributed by atoms with E-state index in [4.69, 9.17) is 9.47 Å². The summed E-state index contributed by atoms with van der Waals surface area (Å²) in [6.07, 6.45) is 0.531. The Bertz CT molecular complexity index is 1360. The molecule has 0 spiro atoms. The first-order valence-corrected chi connectivity index (χ1v) is 10.7. The normalized spacial score (nSPS) is 10.9. The summed E-state index contributed by atoms with van der Waals surface area (Å²) >= 11 is 0. The number of ether oxygens (including phenoxy) is 2. The van der Waals surface area contributed by atoms with Gasteiger partial charge in [0.2, 0.25) is 5.43 Å². The molecule has 6 heteroatoms. The van der Waals surface area contributed by atoms with Crippen LogP contribution in [0, 0.1) is 5.82 Å². The maximum atomic E-state index is 13.5. The number of hydrogen-bond donors (Lipinski definition) is 0. The molecule has 4 rings (SSSR count). The summed E-state index contributed by atoms with van der Waals surface area (Å²) in [5.41, 5.74) is 2.43. The van der Waals surface area contributed by atoms with Gasteiger partial charge in [-0.2, -0.15) is 0 Å². The van der Waals surface area contributed by atoms with Gasteiger partial charge in [-0.05, 0) is 55.5 Å². The number of ketones is 1. The maximum absolute atomic E-state index is 13.5. The van der Waals surface area contributed by atoms with Gasteiger partial charge >= 0.3 is 0 Å². The zero-order chi connectivity index (χ0) is 23.4. The van der Waals surface area contributed by atoms with E-state index in [2.05, 4.69) is 0 Å². The summed E-state index contributed by atoms with van der Waals surface area (Å²) < 4.78 is 27.1. The number of aromatic nitrogens is 1. The third kappa shape index (κ3) is 4.80. The van der Waals surface area contributed by atoms with Gasteiger partial charge in [0.1, 0.15) is 11.6 Å². The highest BCUT2D eigenvalue weighted by molar-refractivity contribution is 5.94. The van der Waals surface area contributed by atoms with Crippen molar-refractivity contribution in [1.82, 2.24) is 4.57 Å². The average Bonchev–Trinajstić information content (AvgIpc) is 2.83. The molecule has 3 aromatic carbocycles. The molecule has 0 saturated carbocycles. The van der Waals surface area contributed by atoms with Crippen LogP contribution in [-0.4, -0.2) is 23.6 Å². The first kappa shape index (κ1) is 22.3. The number of aryl methyl sites for hydroxylation is 1. The summed E-state index contributed by atoms with van der Waals surface area (Å²) in [6, 6.07) is 20.3. The Morgan fingerprint density at radius 3 is 2.42 bits per heavy atom. The van der Waals surface area contributed by atoms with E-state index in [1.807, 2.05) is 29.8 Å². The fourth-order valence-corrected chi connectivity index (χ4v) is 3.76. The van der Waals surface area contributed by atoms with Crippen molar-refractivity contribution in [2.45, 2.75) is 13.3 Å². The lowest BCUT2D eigenvalue weighted by atomic mass is 10.1. The third-order valence-corrected chi connectivity index (χ3v) is 5.43. The molecule has 0 unspecified atom stereocenters. The van der Waals surface area contributed by atoms with Crippen molar-refractivity contribution >= 4 is 16.7 Å². The molecule has 5 nitrogen and oxygen atoms in total. The van der Waals surface area contributed by atoms with Gasteiger partial charge in [-0.25, -0.2) is 4.39 Å². The summed E-state index contributed by atoms with van der Waals surface area (Å²) in [6.45, 7) is 2.13. The number of benzene rings is 3. The quantitative estimate of drug-likeness (QED) is 0.269. The first-order chi connectivity index (χ1) is 16.0. The van der Waals surface area contributed by atoms with Gasteiger partial charge in [0.25, 0.3) is 0 Å². The predicted octanol–water partition coefficient (Wildman–Crippen LogP) is 5.40. The van der Waals surface area contributed by atoms with Gasteiger partial charge in [0.05, 0.1) is 24.4 Å². The number of fused-ring (bicyclic) bond motifs is 1. The van der Waals surface area contributed by atoms with Crippen molar-refractivity contribution in [2.24, 2.45) is 7.05 Å². The molecule has 0 atom stereocenters.